The number of allylic oxidation sites excluding steroid dienone is 2. The van der Waals surface area contributed by atoms with E-state index >= 15 is 0 Å². The third kappa shape index (κ3) is 8.25. The third-order valence-electron chi connectivity index (χ3n) is 7.38. The van der Waals surface area contributed by atoms with E-state index in [-0.39, 0.29) is 23.3 Å². The Morgan fingerprint density at radius 3 is 1.67 bits per heavy atom. The molecule has 9 nitrogen and oxygen atoms in total. The van der Waals surface area contributed by atoms with E-state index in [0.29, 0.717) is 17.9 Å². The molecule has 0 amide bonds. The minimum Gasteiger partial charge on any atom is -0.871 e. The molecule has 0 aromatic heterocycles. The van der Waals surface area contributed by atoms with Gasteiger partial charge in [0.2, 0.25) is 0 Å². The quantitative estimate of drug-likeness (QED) is 0.365. The number of aliphatic carboxylic acids is 1. The Kier molecular flexibility index (Phi) is 11.4. The maximum Gasteiger partial charge on any atom is 0.192 e. The van der Waals surface area contributed by atoms with Gasteiger partial charge >= 0.3 is 0 Å². The molecule has 9 heteroatoms. The van der Waals surface area contributed by atoms with E-state index in [4.69, 9.17) is 9.47 Å². The SMILES string of the molecule is C=C([O-])[C@@H]1CCC[N+]1=C/C=C/c1cc(C)c(O)c(OC)c1.COc1cc(/C=C/C=[N+]2CCC[C@H]2C(=O)[O-])cc(C)c1O. The van der Waals surface area contributed by atoms with E-state index in [1.54, 1.807) is 35.9 Å². The van der Waals surface area contributed by atoms with Crippen LogP contribution in [0.2, 0.25) is 0 Å². The van der Waals surface area contributed by atoms with Crippen LogP contribution in [0, 0.1) is 13.8 Å². The zero-order valence-electron chi connectivity index (χ0n) is 24.7. The molecule has 2 aliphatic rings. The summed E-state index contributed by atoms with van der Waals surface area (Å²) in [5.41, 5.74) is 3.31. The number of phenolic OH excluding ortho intramolecular Hbond substituents is 2. The van der Waals surface area contributed by atoms with E-state index < -0.39 is 12.0 Å². The Labute approximate surface area is 247 Å². The summed E-state index contributed by atoms with van der Waals surface area (Å²) in [6, 6.07) is 6.60. The van der Waals surface area contributed by atoms with Gasteiger partial charge < -0.3 is 34.7 Å². The molecule has 0 unspecified atom stereocenters. The Balaban J connectivity index is 0.000000230. The predicted octanol–water partition coefficient (Wildman–Crippen LogP) is 2.56. The molecule has 0 saturated carbocycles. The number of nitrogens with zero attached hydrogens (tertiary/aromatic N) is 2. The van der Waals surface area contributed by atoms with Crippen molar-refractivity contribution < 1.29 is 43.8 Å². The van der Waals surface area contributed by atoms with Crippen LogP contribution in [-0.4, -0.2) is 77.2 Å². The van der Waals surface area contributed by atoms with Gasteiger partial charge in [-0.1, -0.05) is 5.76 Å². The molecule has 0 bridgehead atoms. The number of hydrogen-bond acceptors (Lipinski definition) is 7. The average Bonchev–Trinajstić information content (AvgIpc) is 3.63. The van der Waals surface area contributed by atoms with Gasteiger partial charge in [-0.3, -0.25) is 0 Å². The molecule has 2 aliphatic heterocycles. The Hall–Kier alpha value is -4.53. The molecule has 0 radical (unpaired) electrons. The molecule has 4 rings (SSSR count). The number of aryl methyl sites for hydroxylation is 2. The highest BCUT2D eigenvalue weighted by Crippen LogP contribution is 2.32. The predicted molar refractivity (Wildman–Crippen MR) is 159 cm³/mol. The molecule has 2 aromatic carbocycles. The molecule has 0 aliphatic carbocycles. The number of carbonyl (C=O) groups excluding carboxylic acids is 1. The zero-order chi connectivity index (χ0) is 30.8. The van der Waals surface area contributed by atoms with Crippen LogP contribution in [0.15, 0.2) is 48.8 Å². The van der Waals surface area contributed by atoms with Crippen LogP contribution in [0.1, 0.15) is 47.9 Å². The molecular formula is C33H40N2O7. The summed E-state index contributed by atoms with van der Waals surface area (Å²) in [6.07, 6.45) is 14.5. The normalized spacial score (nSPS) is 20.3. The summed E-state index contributed by atoms with van der Waals surface area (Å²) in [7, 11) is 3.03. The van der Waals surface area contributed by atoms with Crippen LogP contribution < -0.4 is 19.7 Å². The van der Waals surface area contributed by atoms with Crippen molar-refractivity contribution in [2.75, 3.05) is 27.3 Å². The maximum absolute atomic E-state index is 11.4. The van der Waals surface area contributed by atoms with Gasteiger partial charge in [-0.15, -0.1) is 6.58 Å². The van der Waals surface area contributed by atoms with Crippen LogP contribution in [-0.2, 0) is 4.79 Å². The van der Waals surface area contributed by atoms with Crippen molar-refractivity contribution in [1.29, 1.82) is 0 Å². The first-order chi connectivity index (χ1) is 20.0. The molecule has 2 fully saturated rings. The Morgan fingerprint density at radius 1 is 0.833 bits per heavy atom. The van der Waals surface area contributed by atoms with Crippen molar-refractivity contribution in [3.8, 4) is 23.0 Å². The average molecular weight is 577 g/mol. The van der Waals surface area contributed by atoms with Crippen LogP contribution in [0.4, 0.5) is 0 Å². The number of aromatic hydroxyl groups is 2. The second-order valence-corrected chi connectivity index (χ2v) is 10.4. The van der Waals surface area contributed by atoms with Crippen LogP contribution in [0.5, 0.6) is 23.0 Å². The van der Waals surface area contributed by atoms with E-state index in [1.165, 1.54) is 14.2 Å². The van der Waals surface area contributed by atoms with E-state index in [0.717, 1.165) is 54.6 Å². The number of phenols is 2. The van der Waals surface area contributed by atoms with Crippen molar-refractivity contribution in [3.05, 3.63) is 71.0 Å². The molecule has 0 spiro atoms. The standard InChI is InChI=1S/C17H21NO3.C16H19NO4/c1-12-10-14(11-16(21-3)17(12)20)6-4-8-18-9-5-7-15(18)13(2)19;1-11-9-12(10-14(21-2)15(11)18)5-3-7-17-8-4-6-13(17)16(19)20/h4,6,8,10-11,15,19H,2,5,7,9H2,1,3H3;3,5,7,9-10,13H,4,6,8H2,1-2H3,(H,19,20)/t15-;13-/m00/s1. The number of benzene rings is 2. The fourth-order valence-corrected chi connectivity index (χ4v) is 5.11. The van der Waals surface area contributed by atoms with Crippen LogP contribution in [0.25, 0.3) is 12.2 Å². The summed E-state index contributed by atoms with van der Waals surface area (Å²) in [6.45, 7) is 8.75. The summed E-state index contributed by atoms with van der Waals surface area (Å²) < 4.78 is 14.0. The first-order valence-corrected chi connectivity index (χ1v) is 13.9. The Morgan fingerprint density at radius 2 is 1.26 bits per heavy atom. The summed E-state index contributed by atoms with van der Waals surface area (Å²) in [5, 5.41) is 42.0. The van der Waals surface area contributed by atoms with Crippen LogP contribution in [0.3, 0.4) is 0 Å². The van der Waals surface area contributed by atoms with Gasteiger partial charge in [-0.25, -0.2) is 9.15 Å². The number of hydrogen-bond donors (Lipinski definition) is 2. The van der Waals surface area contributed by atoms with Gasteiger partial charge in [0.1, 0.15) is 19.1 Å². The molecule has 2 heterocycles. The lowest BCUT2D eigenvalue weighted by atomic mass is 10.1. The largest absolute Gasteiger partial charge is 0.871 e. The van der Waals surface area contributed by atoms with Gasteiger partial charge in [0.25, 0.3) is 0 Å². The first kappa shape index (κ1) is 32.0. The lowest BCUT2D eigenvalue weighted by Crippen LogP contribution is -2.40. The highest BCUT2D eigenvalue weighted by molar-refractivity contribution is 5.78. The first-order valence-electron chi connectivity index (χ1n) is 13.9. The number of rotatable bonds is 8. The number of methoxy groups -OCH3 is 2. The smallest absolute Gasteiger partial charge is 0.192 e. The fraction of sp³-hybridized carbons (Fsp3) is 0.364. The second-order valence-electron chi connectivity index (χ2n) is 10.4. The minimum absolute atomic E-state index is 0.0284. The number of ether oxygens (including phenoxy) is 2. The van der Waals surface area contributed by atoms with Crippen LogP contribution >= 0.6 is 0 Å². The number of carboxylic acids is 1. The zero-order valence-corrected chi connectivity index (χ0v) is 24.7. The fourth-order valence-electron chi connectivity index (χ4n) is 5.11. The monoisotopic (exact) mass is 576 g/mol. The molecule has 42 heavy (non-hydrogen) atoms. The van der Waals surface area contributed by atoms with E-state index in [9.17, 15) is 25.2 Å². The van der Waals surface area contributed by atoms with Gasteiger partial charge in [0, 0.05) is 37.8 Å². The molecule has 2 atom stereocenters. The van der Waals surface area contributed by atoms with Crippen molar-refractivity contribution in [2.45, 2.75) is 51.6 Å². The van der Waals surface area contributed by atoms with E-state index in [2.05, 4.69) is 6.58 Å². The molecule has 2 N–H and O–H groups in total. The lowest BCUT2D eigenvalue weighted by molar-refractivity contribution is -0.551. The highest BCUT2D eigenvalue weighted by atomic mass is 16.5. The topological polar surface area (TPSA) is 128 Å². The summed E-state index contributed by atoms with van der Waals surface area (Å²) in [4.78, 5) is 11.0. The van der Waals surface area contributed by atoms with Gasteiger partial charge in [-0.05, 0) is 72.5 Å². The summed E-state index contributed by atoms with van der Waals surface area (Å²) in [5.74, 6) is 0.125. The van der Waals surface area contributed by atoms with Crippen molar-refractivity contribution in [3.63, 3.8) is 0 Å². The minimum atomic E-state index is -1.03. The van der Waals surface area contributed by atoms with Crippen molar-refractivity contribution in [2.24, 2.45) is 0 Å². The highest BCUT2D eigenvalue weighted by Gasteiger charge is 2.28. The maximum atomic E-state index is 11.4. The summed E-state index contributed by atoms with van der Waals surface area (Å²) >= 11 is 0. The van der Waals surface area contributed by atoms with E-state index in [1.807, 2.05) is 48.1 Å². The van der Waals surface area contributed by atoms with Gasteiger partial charge in [-0.2, -0.15) is 0 Å². The van der Waals surface area contributed by atoms with Gasteiger partial charge in [0.05, 0.1) is 14.2 Å². The van der Waals surface area contributed by atoms with Crippen molar-refractivity contribution >= 4 is 30.6 Å². The Bertz CT molecular complexity index is 1310. The van der Waals surface area contributed by atoms with Gasteiger partial charge in [0.15, 0.2) is 47.5 Å². The van der Waals surface area contributed by atoms with Crippen molar-refractivity contribution in [1.82, 2.24) is 0 Å². The molecule has 2 saturated heterocycles. The molecular weight excluding hydrogens is 536 g/mol. The second kappa shape index (κ2) is 14.9. The number of carbonyl (C=O) groups is 1. The third-order valence-corrected chi connectivity index (χ3v) is 7.38. The molecule has 2 aromatic rings. The molecule has 224 valence electrons. The number of carboxylic acid groups (broad SMARTS) is 1. The lowest BCUT2D eigenvalue weighted by Gasteiger charge is -2.13.